The summed E-state index contributed by atoms with van der Waals surface area (Å²) in [5.41, 5.74) is 0.925. The van der Waals surface area contributed by atoms with Crippen molar-refractivity contribution in [2.75, 3.05) is 11.1 Å². The van der Waals surface area contributed by atoms with Crippen LogP contribution in [0, 0.1) is 0 Å². The molecular formula is C16H16N4OS2. The average Bonchev–Trinajstić information content (AvgIpc) is 3.22. The number of amides is 1. The Hall–Kier alpha value is -2.12. The quantitative estimate of drug-likeness (QED) is 0.547. The first-order chi connectivity index (χ1) is 11.3. The Balaban J connectivity index is 1.83. The number of nitrogens with zero attached hydrogens (tertiary/aromatic N) is 3. The van der Waals surface area contributed by atoms with E-state index < -0.39 is 6.04 Å². The van der Waals surface area contributed by atoms with Gasteiger partial charge in [-0.25, -0.2) is 0 Å². The second-order valence-electron chi connectivity index (χ2n) is 4.74. The fraction of sp³-hybridized carbons (Fsp3) is 0.188. The molecule has 23 heavy (non-hydrogen) atoms. The number of anilines is 1. The van der Waals surface area contributed by atoms with Gasteiger partial charge in [-0.2, -0.15) is 0 Å². The van der Waals surface area contributed by atoms with Crippen LogP contribution in [0.3, 0.4) is 0 Å². The number of aromatic nitrogens is 3. The van der Waals surface area contributed by atoms with Gasteiger partial charge in [-0.3, -0.25) is 10.1 Å². The Bertz CT molecular complexity index is 756. The first kappa shape index (κ1) is 15.8. The topological polar surface area (TPSA) is 59.8 Å². The number of nitrogens with one attached hydrogen (secondary N) is 1. The van der Waals surface area contributed by atoms with Crippen LogP contribution in [0.1, 0.15) is 18.5 Å². The van der Waals surface area contributed by atoms with Gasteiger partial charge in [0.2, 0.25) is 5.13 Å². The predicted molar refractivity (Wildman–Crippen MR) is 93.9 cm³/mol. The molecule has 0 fully saturated rings. The van der Waals surface area contributed by atoms with Crippen LogP contribution in [-0.2, 0) is 4.79 Å². The van der Waals surface area contributed by atoms with Gasteiger partial charge >= 0.3 is 0 Å². The molecular weight excluding hydrogens is 328 g/mol. The van der Waals surface area contributed by atoms with Crippen LogP contribution in [0.5, 0.6) is 0 Å². The van der Waals surface area contributed by atoms with Gasteiger partial charge in [-0.05, 0) is 23.4 Å². The predicted octanol–water partition coefficient (Wildman–Crippen LogP) is 3.68. The number of hydrogen-bond donors (Lipinski definition) is 1. The minimum atomic E-state index is -0.433. The average molecular weight is 344 g/mol. The summed E-state index contributed by atoms with van der Waals surface area (Å²) in [4.78, 5) is 12.8. The molecule has 0 aliphatic heterocycles. The van der Waals surface area contributed by atoms with E-state index in [2.05, 4.69) is 22.4 Å². The van der Waals surface area contributed by atoms with Crippen molar-refractivity contribution in [2.45, 2.75) is 17.3 Å². The zero-order valence-electron chi connectivity index (χ0n) is 12.5. The van der Waals surface area contributed by atoms with Crippen LogP contribution >= 0.6 is 23.1 Å². The Morgan fingerprint density at radius 3 is 2.65 bits per heavy atom. The standard InChI is InChI=1S/C16H16N4OS2/c1-2-22-16-19-18-15(23-16)17-14(21)13(20-10-6-7-11-20)12-8-4-3-5-9-12/h3-11,13H,2H2,1H3,(H,17,18,21)/t13-/m0/s1. The minimum Gasteiger partial charge on any atom is -0.338 e. The number of benzene rings is 1. The molecule has 1 atom stereocenters. The maximum atomic E-state index is 12.8. The second-order valence-corrected chi connectivity index (χ2v) is 7.23. The van der Waals surface area contributed by atoms with Gasteiger partial charge in [-0.15, -0.1) is 10.2 Å². The number of rotatable bonds is 6. The normalized spacial score (nSPS) is 12.0. The molecule has 0 radical (unpaired) electrons. The van der Waals surface area contributed by atoms with Gasteiger partial charge in [-0.1, -0.05) is 60.4 Å². The van der Waals surface area contributed by atoms with Crippen molar-refractivity contribution in [3.05, 3.63) is 60.4 Å². The molecule has 0 saturated heterocycles. The molecule has 0 saturated carbocycles. The number of thioether (sulfide) groups is 1. The Labute approximate surface area is 142 Å². The highest BCUT2D eigenvalue weighted by molar-refractivity contribution is 8.01. The first-order valence-corrected chi connectivity index (χ1v) is 9.02. The highest BCUT2D eigenvalue weighted by Gasteiger charge is 2.23. The largest absolute Gasteiger partial charge is 0.338 e. The highest BCUT2D eigenvalue weighted by Crippen LogP contribution is 2.27. The number of carbonyl (C=O) groups is 1. The van der Waals surface area contributed by atoms with E-state index >= 15 is 0 Å². The third-order valence-corrected chi connectivity index (χ3v) is 5.05. The third-order valence-electron chi connectivity index (χ3n) is 3.19. The number of carbonyl (C=O) groups excluding carboxylic acids is 1. The summed E-state index contributed by atoms with van der Waals surface area (Å²) in [5.74, 6) is 0.801. The molecule has 1 amide bonds. The van der Waals surface area contributed by atoms with Crippen molar-refractivity contribution in [1.29, 1.82) is 0 Å². The van der Waals surface area contributed by atoms with E-state index in [1.807, 2.05) is 59.4 Å². The van der Waals surface area contributed by atoms with E-state index in [1.54, 1.807) is 11.8 Å². The molecule has 0 bridgehead atoms. The summed E-state index contributed by atoms with van der Waals surface area (Å²) in [5, 5.41) is 11.5. The summed E-state index contributed by atoms with van der Waals surface area (Å²) in [6, 6.07) is 13.1. The molecule has 2 aromatic heterocycles. The van der Waals surface area contributed by atoms with Gasteiger partial charge in [0.1, 0.15) is 6.04 Å². The fourth-order valence-corrected chi connectivity index (χ4v) is 3.88. The van der Waals surface area contributed by atoms with Crippen molar-refractivity contribution in [2.24, 2.45) is 0 Å². The van der Waals surface area contributed by atoms with Gasteiger partial charge in [0.05, 0.1) is 0 Å². The highest BCUT2D eigenvalue weighted by atomic mass is 32.2. The number of hydrogen-bond acceptors (Lipinski definition) is 5. The molecule has 3 rings (SSSR count). The second kappa shape index (κ2) is 7.43. The summed E-state index contributed by atoms with van der Waals surface area (Å²) in [6.45, 7) is 2.06. The Kier molecular flexibility index (Phi) is 5.09. The van der Waals surface area contributed by atoms with Crippen LogP contribution < -0.4 is 5.32 Å². The van der Waals surface area contributed by atoms with Crippen LogP contribution in [0.4, 0.5) is 5.13 Å². The molecule has 0 unspecified atom stereocenters. The summed E-state index contributed by atoms with van der Waals surface area (Å²) in [7, 11) is 0. The van der Waals surface area contributed by atoms with Crippen molar-refractivity contribution >= 4 is 34.1 Å². The van der Waals surface area contributed by atoms with E-state index in [0.717, 1.165) is 15.7 Å². The molecule has 1 aromatic carbocycles. The van der Waals surface area contributed by atoms with Gasteiger partial charge in [0.25, 0.3) is 5.91 Å². The lowest BCUT2D eigenvalue weighted by Crippen LogP contribution is -2.26. The maximum absolute atomic E-state index is 12.8. The third kappa shape index (κ3) is 3.80. The van der Waals surface area contributed by atoms with Crippen LogP contribution in [-0.4, -0.2) is 26.4 Å². The van der Waals surface area contributed by atoms with E-state index in [9.17, 15) is 4.79 Å². The zero-order chi connectivity index (χ0) is 16.1. The Morgan fingerprint density at radius 1 is 1.22 bits per heavy atom. The first-order valence-electron chi connectivity index (χ1n) is 7.22. The van der Waals surface area contributed by atoms with E-state index in [1.165, 1.54) is 11.3 Å². The fourth-order valence-electron chi connectivity index (χ4n) is 2.23. The molecule has 0 spiro atoms. The zero-order valence-corrected chi connectivity index (χ0v) is 14.2. The SMILES string of the molecule is CCSc1nnc(NC(=O)[C@H](c2ccccc2)n2cccc2)s1. The van der Waals surface area contributed by atoms with E-state index in [0.29, 0.717) is 5.13 Å². The maximum Gasteiger partial charge on any atom is 0.253 e. The molecule has 7 heteroatoms. The van der Waals surface area contributed by atoms with Crippen molar-refractivity contribution in [1.82, 2.24) is 14.8 Å². The molecule has 5 nitrogen and oxygen atoms in total. The molecule has 0 aliphatic carbocycles. The smallest absolute Gasteiger partial charge is 0.253 e. The van der Waals surface area contributed by atoms with Crippen molar-refractivity contribution in [3.8, 4) is 0 Å². The lowest BCUT2D eigenvalue weighted by Gasteiger charge is -2.18. The van der Waals surface area contributed by atoms with Gasteiger partial charge < -0.3 is 4.57 Å². The minimum absolute atomic E-state index is 0.128. The van der Waals surface area contributed by atoms with Gasteiger partial charge in [0.15, 0.2) is 4.34 Å². The summed E-state index contributed by atoms with van der Waals surface area (Å²) >= 11 is 3.01. The van der Waals surface area contributed by atoms with Crippen molar-refractivity contribution in [3.63, 3.8) is 0 Å². The van der Waals surface area contributed by atoms with Crippen LogP contribution in [0.15, 0.2) is 59.2 Å². The molecule has 2 heterocycles. The lowest BCUT2D eigenvalue weighted by molar-refractivity contribution is -0.118. The van der Waals surface area contributed by atoms with Gasteiger partial charge in [0, 0.05) is 12.4 Å². The monoisotopic (exact) mass is 344 g/mol. The van der Waals surface area contributed by atoms with E-state index in [-0.39, 0.29) is 5.91 Å². The Morgan fingerprint density at radius 2 is 1.96 bits per heavy atom. The summed E-state index contributed by atoms with van der Waals surface area (Å²) in [6.07, 6.45) is 3.77. The molecule has 118 valence electrons. The molecule has 1 N–H and O–H groups in total. The molecule has 0 aliphatic rings. The van der Waals surface area contributed by atoms with Crippen LogP contribution in [0.25, 0.3) is 0 Å². The molecule has 3 aromatic rings. The van der Waals surface area contributed by atoms with E-state index in [4.69, 9.17) is 0 Å². The van der Waals surface area contributed by atoms with Crippen LogP contribution in [0.2, 0.25) is 0 Å². The summed E-state index contributed by atoms with van der Waals surface area (Å²) < 4.78 is 2.74. The lowest BCUT2D eigenvalue weighted by atomic mass is 10.1. The van der Waals surface area contributed by atoms with Crippen molar-refractivity contribution < 1.29 is 4.79 Å².